The van der Waals surface area contributed by atoms with Gasteiger partial charge in [0.1, 0.15) is 0 Å². The summed E-state index contributed by atoms with van der Waals surface area (Å²) in [6.45, 7) is 10.8. The van der Waals surface area contributed by atoms with Crippen molar-refractivity contribution in [1.29, 1.82) is 0 Å². The number of hydrogen-bond donors (Lipinski definition) is 0. The highest BCUT2D eigenvalue weighted by atomic mass is 16.2. The van der Waals surface area contributed by atoms with E-state index in [0.29, 0.717) is 12.5 Å². The van der Waals surface area contributed by atoms with Crippen LogP contribution in [0.4, 0.5) is 0 Å². The van der Waals surface area contributed by atoms with E-state index in [0.717, 1.165) is 18.5 Å². The lowest BCUT2D eigenvalue weighted by Crippen LogP contribution is -2.59. The Bertz CT molecular complexity index is 788. The van der Waals surface area contributed by atoms with Crippen molar-refractivity contribution in [3.8, 4) is 0 Å². The fraction of sp³-hybridized carbons (Fsp3) is 0.476. The molecule has 2 aliphatic carbocycles. The van der Waals surface area contributed by atoms with E-state index in [1.807, 2.05) is 42.2 Å². The molecule has 0 spiro atoms. The Hall–Kier alpha value is -2.41. The van der Waals surface area contributed by atoms with Gasteiger partial charge in [0.15, 0.2) is 5.78 Å². The van der Waals surface area contributed by atoms with Crippen LogP contribution in [0.15, 0.2) is 42.1 Å². The first kappa shape index (κ1) is 16.1. The Kier molecular flexibility index (Phi) is 3.76. The number of carbonyl (C=O) groups is 2. The summed E-state index contributed by atoms with van der Waals surface area (Å²) in [6.07, 6.45) is 4.89. The smallest absolute Gasteiger partial charge is 0.236 e. The summed E-state index contributed by atoms with van der Waals surface area (Å²) in [7, 11) is 0. The molecular formula is C21H22N2O2. The minimum atomic E-state index is -0.873. The number of hydrogen-bond acceptors (Lipinski definition) is 2. The number of carbonyl (C=O) groups excluding carboxylic acids is 2. The molecule has 1 aromatic carbocycles. The molecule has 0 radical (unpaired) electrons. The third kappa shape index (κ3) is 2.41. The SMILES string of the molecule is [C-]#[N+]C1=C[C@]2(c3ccccc3)C(=O)N(CC3CC3)CC[C@H]2[C@H](C)C1=O. The number of rotatable bonds is 3. The first-order valence-corrected chi connectivity index (χ1v) is 9.07. The van der Waals surface area contributed by atoms with Gasteiger partial charge in [0.05, 0.1) is 12.0 Å². The number of benzene rings is 1. The number of ketones is 1. The van der Waals surface area contributed by atoms with E-state index in [9.17, 15) is 9.59 Å². The summed E-state index contributed by atoms with van der Waals surface area (Å²) in [5, 5.41) is 0. The molecular weight excluding hydrogens is 312 g/mol. The van der Waals surface area contributed by atoms with Crippen LogP contribution in [-0.4, -0.2) is 29.7 Å². The number of allylic oxidation sites excluding steroid dienone is 1. The Labute approximate surface area is 148 Å². The zero-order chi connectivity index (χ0) is 17.6. The van der Waals surface area contributed by atoms with Crippen LogP contribution in [0.25, 0.3) is 4.85 Å². The molecule has 3 atom stereocenters. The molecule has 0 N–H and O–H groups in total. The van der Waals surface area contributed by atoms with Crippen LogP contribution in [0.3, 0.4) is 0 Å². The van der Waals surface area contributed by atoms with Crippen molar-refractivity contribution in [2.24, 2.45) is 17.8 Å². The summed E-state index contributed by atoms with van der Waals surface area (Å²) in [4.78, 5) is 31.6. The molecule has 1 aliphatic heterocycles. The lowest BCUT2D eigenvalue weighted by Gasteiger charge is -2.50. The van der Waals surface area contributed by atoms with Gasteiger partial charge in [0, 0.05) is 19.0 Å². The van der Waals surface area contributed by atoms with Crippen LogP contribution >= 0.6 is 0 Å². The largest absolute Gasteiger partial charge is 0.341 e. The van der Waals surface area contributed by atoms with Crippen molar-refractivity contribution >= 4 is 11.7 Å². The standard InChI is InChI=1S/C21H22N2O2/c1-14-17-10-11-23(13-15-8-9-15)20(25)21(17,12-18(22-2)19(14)24)16-6-4-3-5-7-16/h3-7,12,14-15,17H,8-11,13H2,1H3/t14-,17-,21+/m0/s1. The molecule has 1 saturated carbocycles. The first-order valence-electron chi connectivity index (χ1n) is 9.07. The van der Waals surface area contributed by atoms with Crippen LogP contribution < -0.4 is 0 Å². The average Bonchev–Trinajstić information content (AvgIpc) is 3.45. The molecule has 25 heavy (non-hydrogen) atoms. The zero-order valence-corrected chi connectivity index (χ0v) is 14.4. The van der Waals surface area contributed by atoms with Gasteiger partial charge in [-0.1, -0.05) is 43.3 Å². The number of nitrogens with zero attached hydrogens (tertiary/aromatic N) is 2. The fourth-order valence-corrected chi connectivity index (χ4v) is 4.57. The van der Waals surface area contributed by atoms with Gasteiger partial charge in [-0.15, -0.1) is 0 Å². The summed E-state index contributed by atoms with van der Waals surface area (Å²) in [6, 6.07) is 9.72. The quantitative estimate of drug-likeness (QED) is 0.797. The van der Waals surface area contributed by atoms with Gasteiger partial charge in [0.25, 0.3) is 0 Å². The lowest BCUT2D eigenvalue weighted by atomic mass is 9.58. The van der Waals surface area contributed by atoms with Crippen LogP contribution in [0, 0.1) is 24.3 Å². The molecule has 1 amide bonds. The van der Waals surface area contributed by atoms with Crippen molar-refractivity contribution in [2.45, 2.75) is 31.6 Å². The highest BCUT2D eigenvalue weighted by molar-refractivity contribution is 6.04. The molecule has 1 aromatic rings. The summed E-state index contributed by atoms with van der Waals surface area (Å²) < 4.78 is 0. The van der Waals surface area contributed by atoms with Crippen molar-refractivity contribution < 1.29 is 9.59 Å². The maximum Gasteiger partial charge on any atom is 0.236 e. The summed E-state index contributed by atoms with van der Waals surface area (Å²) in [5.74, 6) is 0.204. The van der Waals surface area contributed by atoms with Crippen LogP contribution in [0.5, 0.6) is 0 Å². The monoisotopic (exact) mass is 334 g/mol. The second kappa shape index (κ2) is 5.84. The minimum Gasteiger partial charge on any atom is -0.341 e. The van der Waals surface area contributed by atoms with E-state index in [1.54, 1.807) is 6.08 Å². The van der Waals surface area contributed by atoms with Gasteiger partial charge in [-0.3, -0.25) is 4.79 Å². The number of amides is 1. The van der Waals surface area contributed by atoms with E-state index in [-0.39, 0.29) is 29.2 Å². The highest BCUT2D eigenvalue weighted by Crippen LogP contribution is 2.49. The second-order valence-corrected chi connectivity index (χ2v) is 7.62. The normalized spacial score (nSPS) is 32.0. The Morgan fingerprint density at radius 3 is 2.56 bits per heavy atom. The summed E-state index contributed by atoms with van der Waals surface area (Å²) >= 11 is 0. The molecule has 0 unspecified atom stereocenters. The molecule has 1 saturated heterocycles. The molecule has 2 fully saturated rings. The molecule has 0 aromatic heterocycles. The molecule has 4 heteroatoms. The number of piperidine rings is 1. The average molecular weight is 334 g/mol. The fourth-order valence-electron chi connectivity index (χ4n) is 4.57. The Morgan fingerprint density at radius 2 is 1.92 bits per heavy atom. The van der Waals surface area contributed by atoms with Gasteiger partial charge in [-0.05, 0) is 36.7 Å². The van der Waals surface area contributed by atoms with E-state index < -0.39 is 5.41 Å². The van der Waals surface area contributed by atoms with Crippen LogP contribution in [0.2, 0.25) is 0 Å². The van der Waals surface area contributed by atoms with Crippen LogP contribution in [0.1, 0.15) is 31.7 Å². The van der Waals surface area contributed by atoms with Gasteiger partial charge in [-0.25, -0.2) is 4.85 Å². The molecule has 0 bridgehead atoms. The predicted octanol–water partition coefficient (Wildman–Crippen LogP) is 3.20. The second-order valence-electron chi connectivity index (χ2n) is 7.62. The molecule has 4 nitrogen and oxygen atoms in total. The maximum atomic E-state index is 13.6. The number of likely N-dealkylation sites (tertiary alicyclic amines) is 1. The topological polar surface area (TPSA) is 41.7 Å². The molecule has 128 valence electrons. The van der Waals surface area contributed by atoms with Crippen molar-refractivity contribution in [2.75, 3.05) is 13.1 Å². The van der Waals surface area contributed by atoms with Crippen molar-refractivity contribution in [1.82, 2.24) is 4.90 Å². The minimum absolute atomic E-state index is 0.0716. The van der Waals surface area contributed by atoms with Crippen LogP contribution in [-0.2, 0) is 15.0 Å². The van der Waals surface area contributed by atoms with E-state index in [1.165, 1.54) is 12.8 Å². The van der Waals surface area contributed by atoms with Gasteiger partial charge >= 0.3 is 0 Å². The van der Waals surface area contributed by atoms with Gasteiger partial charge < -0.3 is 9.69 Å². The van der Waals surface area contributed by atoms with Crippen molar-refractivity contribution in [3.63, 3.8) is 0 Å². The number of Topliss-reactive ketones (excluding diaryl/α,β-unsaturated/α-hetero) is 1. The first-order chi connectivity index (χ1) is 12.1. The van der Waals surface area contributed by atoms with E-state index in [2.05, 4.69) is 4.85 Å². The maximum absolute atomic E-state index is 13.6. The Morgan fingerprint density at radius 1 is 1.20 bits per heavy atom. The predicted molar refractivity (Wildman–Crippen MR) is 94.4 cm³/mol. The third-order valence-electron chi connectivity index (χ3n) is 6.12. The van der Waals surface area contributed by atoms with Gasteiger partial charge in [0.2, 0.25) is 11.6 Å². The highest BCUT2D eigenvalue weighted by Gasteiger charge is 2.56. The summed E-state index contributed by atoms with van der Waals surface area (Å²) in [5.41, 5.74) is 0.155. The zero-order valence-electron chi connectivity index (χ0n) is 14.4. The Balaban J connectivity index is 1.87. The van der Waals surface area contributed by atoms with Gasteiger partial charge in [-0.2, -0.15) is 0 Å². The third-order valence-corrected chi connectivity index (χ3v) is 6.12. The van der Waals surface area contributed by atoms with E-state index in [4.69, 9.17) is 6.57 Å². The molecule has 3 aliphatic rings. The van der Waals surface area contributed by atoms with E-state index >= 15 is 0 Å². The lowest BCUT2D eigenvalue weighted by molar-refractivity contribution is -0.145. The number of fused-ring (bicyclic) bond motifs is 1. The molecule has 4 rings (SSSR count). The van der Waals surface area contributed by atoms with Crippen molar-refractivity contribution in [3.05, 3.63) is 59.1 Å². The molecule has 1 heterocycles.